The third-order valence-corrected chi connectivity index (χ3v) is 5.39. The second kappa shape index (κ2) is 14.5. The lowest BCUT2D eigenvalue weighted by molar-refractivity contribution is -0.873. The Bertz CT molecular complexity index is 722. The summed E-state index contributed by atoms with van der Waals surface area (Å²) in [6.07, 6.45) is 3.59. The maximum atomic E-state index is 12.2. The number of unbranched alkanes of at least 4 members (excludes halogenated alkanes) is 3. The molecule has 0 aliphatic rings. The molecule has 0 aliphatic heterocycles. The minimum atomic E-state index is -4.38. The first-order chi connectivity index (χ1) is 15.0. The highest BCUT2D eigenvalue weighted by atomic mass is 31.2. The van der Waals surface area contributed by atoms with Crippen molar-refractivity contribution in [2.45, 2.75) is 51.6 Å². The van der Waals surface area contributed by atoms with Gasteiger partial charge in [0.1, 0.15) is 24.1 Å². The van der Waals surface area contributed by atoms with Crippen molar-refractivity contribution < 1.29 is 42.4 Å². The van der Waals surface area contributed by atoms with Crippen LogP contribution in [0.2, 0.25) is 0 Å². The number of hydrogen-bond donors (Lipinski definition) is 2. The van der Waals surface area contributed by atoms with Crippen LogP contribution in [0, 0.1) is 0 Å². The van der Waals surface area contributed by atoms with Crippen molar-refractivity contribution in [1.29, 1.82) is 0 Å². The van der Waals surface area contributed by atoms with E-state index >= 15 is 0 Å². The Morgan fingerprint density at radius 3 is 2.22 bits per heavy atom. The summed E-state index contributed by atoms with van der Waals surface area (Å²) in [6.45, 7) is 3.30. The number of benzene rings is 1. The molecule has 0 aromatic heterocycles. The average Bonchev–Trinajstić information content (AvgIpc) is 2.65. The van der Waals surface area contributed by atoms with E-state index in [9.17, 15) is 14.3 Å². The van der Waals surface area contributed by atoms with E-state index in [1.54, 1.807) is 0 Å². The van der Waals surface area contributed by atoms with Crippen molar-refractivity contribution in [2.75, 3.05) is 47.5 Å². The van der Waals surface area contributed by atoms with E-state index in [2.05, 4.69) is 6.92 Å². The SMILES string of the molecule is CCCCCCOc1cccc(OCCCOP(=O)(O)O[C@H](CC(=O)O)C[N+](C)(C)C)c1. The molecular weight excluding hydrogens is 437 g/mol. The maximum absolute atomic E-state index is 12.2. The molecule has 0 bridgehead atoms. The number of phosphoric ester groups is 1. The number of hydrogen-bond acceptors (Lipinski definition) is 6. The number of carbonyl (C=O) groups is 1. The van der Waals surface area contributed by atoms with E-state index in [0.29, 0.717) is 23.3 Å². The summed E-state index contributed by atoms with van der Waals surface area (Å²) in [6, 6.07) is 7.34. The summed E-state index contributed by atoms with van der Waals surface area (Å²) < 4.78 is 34.0. The number of nitrogens with zero attached hydrogens (tertiary/aromatic N) is 1. The Kier molecular flexibility index (Phi) is 12.9. The van der Waals surface area contributed by atoms with Crippen molar-refractivity contribution in [3.63, 3.8) is 0 Å². The number of ether oxygens (including phenoxy) is 2. The molecule has 10 heteroatoms. The molecule has 2 atom stereocenters. The first-order valence-corrected chi connectivity index (χ1v) is 12.5. The van der Waals surface area contributed by atoms with Crippen LogP contribution in [0.15, 0.2) is 24.3 Å². The molecule has 1 aromatic rings. The lowest BCUT2D eigenvalue weighted by Gasteiger charge is -2.29. The summed E-state index contributed by atoms with van der Waals surface area (Å²) in [7, 11) is 1.13. The normalized spacial score (nSPS) is 14.5. The average molecular weight is 477 g/mol. The molecule has 0 fully saturated rings. The quantitative estimate of drug-likeness (QED) is 0.185. The molecule has 0 aliphatic carbocycles. The molecule has 9 nitrogen and oxygen atoms in total. The number of carboxylic acid groups (broad SMARTS) is 1. The Hall–Kier alpha value is -1.64. The van der Waals surface area contributed by atoms with Crippen molar-refractivity contribution in [1.82, 2.24) is 0 Å². The highest BCUT2D eigenvalue weighted by Crippen LogP contribution is 2.45. The van der Waals surface area contributed by atoms with Gasteiger partial charge in [0.05, 0.1) is 47.4 Å². The van der Waals surface area contributed by atoms with Crippen LogP contribution in [0.5, 0.6) is 11.5 Å². The van der Waals surface area contributed by atoms with Crippen molar-refractivity contribution in [3.8, 4) is 11.5 Å². The first kappa shape index (κ1) is 28.4. The fraction of sp³-hybridized carbons (Fsp3) is 0.682. The predicted octanol–water partition coefficient (Wildman–Crippen LogP) is 4.10. The Labute approximate surface area is 191 Å². The van der Waals surface area contributed by atoms with Crippen LogP contribution in [0.1, 0.15) is 45.4 Å². The molecule has 0 saturated heterocycles. The summed E-state index contributed by atoms with van der Waals surface area (Å²) in [5, 5.41) is 9.01. The zero-order chi connectivity index (χ0) is 24.0. The zero-order valence-corrected chi connectivity index (χ0v) is 20.6. The third-order valence-electron chi connectivity index (χ3n) is 4.32. The van der Waals surface area contributed by atoms with Gasteiger partial charge < -0.3 is 24.0 Å². The minimum Gasteiger partial charge on any atom is -0.493 e. The van der Waals surface area contributed by atoms with Gasteiger partial charge in [-0.15, -0.1) is 0 Å². The summed E-state index contributed by atoms with van der Waals surface area (Å²) in [4.78, 5) is 21.0. The number of carboxylic acids is 1. The Morgan fingerprint density at radius 1 is 1.03 bits per heavy atom. The van der Waals surface area contributed by atoms with Gasteiger partial charge in [-0.05, 0) is 18.6 Å². The molecule has 0 spiro atoms. The van der Waals surface area contributed by atoms with Gasteiger partial charge in [-0.2, -0.15) is 0 Å². The molecule has 0 saturated carbocycles. The molecule has 32 heavy (non-hydrogen) atoms. The second-order valence-electron chi connectivity index (χ2n) is 8.69. The van der Waals surface area contributed by atoms with Gasteiger partial charge in [0.2, 0.25) is 0 Å². The Morgan fingerprint density at radius 2 is 1.66 bits per heavy atom. The van der Waals surface area contributed by atoms with E-state index in [1.807, 2.05) is 45.4 Å². The molecular formula is C22H39NO8P+. The lowest BCUT2D eigenvalue weighted by Crippen LogP contribution is -2.42. The summed E-state index contributed by atoms with van der Waals surface area (Å²) in [5.74, 6) is 0.276. The van der Waals surface area contributed by atoms with Crippen LogP contribution in [0.3, 0.4) is 0 Å². The van der Waals surface area contributed by atoms with E-state index in [1.165, 1.54) is 12.8 Å². The summed E-state index contributed by atoms with van der Waals surface area (Å²) >= 11 is 0. The van der Waals surface area contributed by atoms with E-state index in [-0.39, 0.29) is 26.2 Å². The van der Waals surface area contributed by atoms with E-state index < -0.39 is 19.9 Å². The second-order valence-corrected chi connectivity index (χ2v) is 10.1. The largest absolute Gasteiger partial charge is 0.493 e. The molecule has 1 aromatic carbocycles. The van der Waals surface area contributed by atoms with Crippen LogP contribution in [0.4, 0.5) is 0 Å². The predicted molar refractivity (Wildman–Crippen MR) is 122 cm³/mol. The maximum Gasteiger partial charge on any atom is 0.472 e. The zero-order valence-electron chi connectivity index (χ0n) is 19.7. The molecule has 0 amide bonds. The number of rotatable bonds is 18. The monoisotopic (exact) mass is 476 g/mol. The number of phosphoric acid groups is 1. The molecule has 0 radical (unpaired) electrons. The number of likely N-dealkylation sites (N-methyl/N-ethyl adjacent to an activating group) is 1. The molecule has 2 N–H and O–H groups in total. The molecule has 0 heterocycles. The summed E-state index contributed by atoms with van der Waals surface area (Å²) in [5.41, 5.74) is 0. The van der Waals surface area contributed by atoms with Crippen LogP contribution < -0.4 is 9.47 Å². The van der Waals surface area contributed by atoms with Gasteiger partial charge in [-0.3, -0.25) is 13.8 Å². The third kappa shape index (κ3) is 14.4. The van der Waals surface area contributed by atoms with Crippen LogP contribution in [-0.4, -0.2) is 74.1 Å². The van der Waals surface area contributed by atoms with Gasteiger partial charge in [-0.1, -0.05) is 32.3 Å². The van der Waals surface area contributed by atoms with Gasteiger partial charge in [0.25, 0.3) is 0 Å². The van der Waals surface area contributed by atoms with Crippen molar-refractivity contribution >= 4 is 13.8 Å². The standard InChI is InChI=1S/C22H38NO8P/c1-5-6-7-8-13-28-19-11-9-12-20(16-19)29-14-10-15-30-32(26,27)31-21(17-22(24)25)18-23(2,3)4/h9,11-12,16,21H,5-8,10,13-15,17-18H2,1-4H3,(H-,24,25,26,27)/p+1/t21-/m1/s1. The molecule has 184 valence electrons. The minimum absolute atomic E-state index is 0.0639. The Balaban J connectivity index is 2.37. The van der Waals surface area contributed by atoms with Crippen LogP contribution in [0.25, 0.3) is 0 Å². The van der Waals surface area contributed by atoms with E-state index in [0.717, 1.165) is 18.6 Å². The van der Waals surface area contributed by atoms with Gasteiger partial charge in [0, 0.05) is 12.5 Å². The first-order valence-electron chi connectivity index (χ1n) is 11.0. The molecule has 1 rings (SSSR count). The lowest BCUT2D eigenvalue weighted by atomic mass is 10.2. The van der Waals surface area contributed by atoms with Crippen LogP contribution >= 0.6 is 7.82 Å². The van der Waals surface area contributed by atoms with Gasteiger partial charge in [-0.25, -0.2) is 4.57 Å². The van der Waals surface area contributed by atoms with Crippen molar-refractivity contribution in [3.05, 3.63) is 24.3 Å². The number of aliphatic carboxylic acids is 1. The number of quaternary nitrogens is 1. The molecule has 1 unspecified atom stereocenters. The highest BCUT2D eigenvalue weighted by molar-refractivity contribution is 7.47. The van der Waals surface area contributed by atoms with Crippen molar-refractivity contribution in [2.24, 2.45) is 0 Å². The smallest absolute Gasteiger partial charge is 0.472 e. The van der Waals surface area contributed by atoms with E-state index in [4.69, 9.17) is 23.6 Å². The fourth-order valence-corrected chi connectivity index (χ4v) is 3.90. The van der Waals surface area contributed by atoms with Crippen LogP contribution in [-0.2, 0) is 18.4 Å². The van der Waals surface area contributed by atoms with Gasteiger partial charge >= 0.3 is 13.8 Å². The fourth-order valence-electron chi connectivity index (χ4n) is 2.96. The van der Waals surface area contributed by atoms with Gasteiger partial charge in [0.15, 0.2) is 0 Å². The highest BCUT2D eigenvalue weighted by Gasteiger charge is 2.31. The topological polar surface area (TPSA) is 112 Å².